The molecule has 0 bridgehead atoms. The Labute approximate surface area is 154 Å². The first-order valence-corrected chi connectivity index (χ1v) is 8.77. The van der Waals surface area contributed by atoms with Crippen LogP contribution in [0.2, 0.25) is 0 Å². The summed E-state index contributed by atoms with van der Waals surface area (Å²) in [4.78, 5) is 31.7. The van der Waals surface area contributed by atoms with Crippen LogP contribution in [0.25, 0.3) is 0 Å². The summed E-state index contributed by atoms with van der Waals surface area (Å²) in [5.74, 6) is 5.56. The summed E-state index contributed by atoms with van der Waals surface area (Å²) >= 11 is 1.23. The third kappa shape index (κ3) is 3.74. The highest BCUT2D eigenvalue weighted by Gasteiger charge is 2.30. The molecule has 1 aliphatic rings. The molecule has 1 unspecified atom stereocenters. The average molecular weight is 365 g/mol. The van der Waals surface area contributed by atoms with Crippen LogP contribution in [0.4, 0.5) is 5.82 Å². The second kappa shape index (κ2) is 7.81. The Kier molecular flexibility index (Phi) is 5.31. The summed E-state index contributed by atoms with van der Waals surface area (Å²) in [5.41, 5.74) is 0.976. The predicted molar refractivity (Wildman–Crippen MR) is 100 cm³/mol. The number of thioether (sulfide) groups is 1. The number of terminal acetylenes is 2. The smallest absolute Gasteiger partial charge is 0.257 e. The van der Waals surface area contributed by atoms with Crippen molar-refractivity contribution >= 4 is 23.5 Å². The standard InChI is InChI=1S/C19H15N3O3S/c1-3-9-25-13-7-5-12(6-8-13)14-11-15(23)20-17-16(14)18(24)22-19(21-17)26-10-4-2/h1-2,5-8,14H,9-11H2,(H2,20,21,22,23,24). The first-order chi connectivity index (χ1) is 12.6. The number of ether oxygens (including phenoxy) is 1. The van der Waals surface area contributed by atoms with E-state index in [1.165, 1.54) is 11.8 Å². The van der Waals surface area contributed by atoms with Gasteiger partial charge in [-0.3, -0.25) is 9.59 Å². The second-order valence-corrected chi connectivity index (χ2v) is 6.46. The third-order valence-electron chi connectivity index (χ3n) is 3.83. The zero-order chi connectivity index (χ0) is 18.5. The van der Waals surface area contributed by atoms with Gasteiger partial charge in [0.25, 0.3) is 5.56 Å². The van der Waals surface area contributed by atoms with Crippen LogP contribution in [0.15, 0.2) is 34.2 Å². The van der Waals surface area contributed by atoms with Crippen molar-refractivity contribution in [2.45, 2.75) is 17.5 Å². The lowest BCUT2D eigenvalue weighted by atomic mass is 9.87. The maximum absolute atomic E-state index is 12.6. The largest absolute Gasteiger partial charge is 0.481 e. The molecule has 26 heavy (non-hydrogen) atoms. The highest BCUT2D eigenvalue weighted by atomic mass is 32.2. The van der Waals surface area contributed by atoms with Crippen LogP contribution in [0, 0.1) is 24.7 Å². The highest BCUT2D eigenvalue weighted by molar-refractivity contribution is 7.99. The number of aromatic nitrogens is 2. The van der Waals surface area contributed by atoms with E-state index in [0.717, 1.165) is 5.56 Å². The molecule has 0 saturated heterocycles. The SMILES string of the molecule is C#CCOc1ccc(C2CC(=O)Nc3nc(SCC#C)[nH]c(=O)c32)cc1. The normalized spacial score (nSPS) is 15.3. The van der Waals surface area contributed by atoms with Gasteiger partial charge in [-0.25, -0.2) is 4.98 Å². The van der Waals surface area contributed by atoms with E-state index in [2.05, 4.69) is 27.1 Å². The molecule has 2 heterocycles. The van der Waals surface area contributed by atoms with E-state index in [4.69, 9.17) is 17.6 Å². The number of carbonyl (C=O) groups excluding carboxylic acids is 1. The molecular formula is C19H15N3O3S. The van der Waals surface area contributed by atoms with Crippen molar-refractivity contribution < 1.29 is 9.53 Å². The number of amides is 1. The van der Waals surface area contributed by atoms with Crippen LogP contribution in [0.3, 0.4) is 0 Å². The van der Waals surface area contributed by atoms with Gasteiger partial charge in [0.05, 0.1) is 11.3 Å². The number of nitrogens with zero attached hydrogens (tertiary/aromatic N) is 1. The molecule has 1 amide bonds. The molecule has 0 spiro atoms. The monoisotopic (exact) mass is 365 g/mol. The van der Waals surface area contributed by atoms with Crippen LogP contribution < -0.4 is 15.6 Å². The molecule has 2 N–H and O–H groups in total. The summed E-state index contributed by atoms with van der Waals surface area (Å²) in [7, 11) is 0. The predicted octanol–water partition coefficient (Wildman–Crippen LogP) is 1.98. The van der Waals surface area contributed by atoms with Gasteiger partial charge < -0.3 is 15.0 Å². The lowest BCUT2D eigenvalue weighted by molar-refractivity contribution is -0.116. The number of anilines is 1. The number of aromatic amines is 1. The van der Waals surface area contributed by atoms with Crippen molar-refractivity contribution in [3.8, 4) is 30.4 Å². The van der Waals surface area contributed by atoms with Gasteiger partial charge in [-0.2, -0.15) is 0 Å². The van der Waals surface area contributed by atoms with Gasteiger partial charge in [0.15, 0.2) is 5.16 Å². The van der Waals surface area contributed by atoms with Crippen LogP contribution in [-0.2, 0) is 4.79 Å². The Hall–Kier alpha value is -3.16. The Balaban J connectivity index is 1.96. The minimum absolute atomic E-state index is 0.166. The molecule has 7 heteroatoms. The number of H-pyrrole nitrogens is 1. The Morgan fingerprint density at radius 2 is 2.00 bits per heavy atom. The zero-order valence-electron chi connectivity index (χ0n) is 13.7. The number of carbonyl (C=O) groups is 1. The van der Waals surface area contributed by atoms with Gasteiger partial charge in [-0.15, -0.1) is 12.8 Å². The number of hydrogen-bond acceptors (Lipinski definition) is 5. The molecule has 1 aliphatic heterocycles. The van der Waals surface area contributed by atoms with Gasteiger partial charge in [-0.1, -0.05) is 35.7 Å². The first kappa shape index (κ1) is 17.7. The van der Waals surface area contributed by atoms with E-state index in [0.29, 0.717) is 22.2 Å². The van der Waals surface area contributed by atoms with Crippen LogP contribution >= 0.6 is 11.8 Å². The molecule has 0 fully saturated rings. The molecular weight excluding hydrogens is 350 g/mol. The Morgan fingerprint density at radius 1 is 1.23 bits per heavy atom. The van der Waals surface area contributed by atoms with E-state index in [1.807, 2.05) is 12.1 Å². The minimum Gasteiger partial charge on any atom is -0.481 e. The highest BCUT2D eigenvalue weighted by Crippen LogP contribution is 2.35. The van der Waals surface area contributed by atoms with Crippen LogP contribution in [0.1, 0.15) is 23.5 Å². The zero-order valence-corrected chi connectivity index (χ0v) is 14.6. The van der Waals surface area contributed by atoms with Crippen molar-refractivity contribution in [3.63, 3.8) is 0 Å². The summed E-state index contributed by atoms with van der Waals surface area (Å²) in [6, 6.07) is 7.16. The maximum atomic E-state index is 12.6. The fourth-order valence-corrected chi connectivity index (χ4v) is 3.28. The molecule has 0 aliphatic carbocycles. The van der Waals surface area contributed by atoms with Gasteiger partial charge in [0.2, 0.25) is 5.91 Å². The average Bonchev–Trinajstić information content (AvgIpc) is 2.64. The van der Waals surface area contributed by atoms with E-state index in [1.54, 1.807) is 12.1 Å². The van der Waals surface area contributed by atoms with Crippen molar-refractivity contribution in [1.82, 2.24) is 9.97 Å². The van der Waals surface area contributed by atoms with Crippen molar-refractivity contribution in [1.29, 1.82) is 0 Å². The molecule has 2 aromatic rings. The van der Waals surface area contributed by atoms with Crippen molar-refractivity contribution in [2.75, 3.05) is 17.7 Å². The fourth-order valence-electron chi connectivity index (χ4n) is 2.74. The van der Waals surface area contributed by atoms with E-state index in [-0.39, 0.29) is 36.2 Å². The van der Waals surface area contributed by atoms with Gasteiger partial charge in [0.1, 0.15) is 18.2 Å². The number of benzene rings is 1. The Bertz CT molecular complexity index is 967. The number of hydrogen-bond donors (Lipinski definition) is 2. The summed E-state index contributed by atoms with van der Waals surface area (Å²) in [6.45, 7) is 0.176. The summed E-state index contributed by atoms with van der Waals surface area (Å²) < 4.78 is 5.35. The van der Waals surface area contributed by atoms with Crippen LogP contribution in [-0.4, -0.2) is 28.2 Å². The van der Waals surface area contributed by atoms with Gasteiger partial charge in [0, 0.05) is 12.3 Å². The fraction of sp³-hybridized carbons (Fsp3) is 0.211. The second-order valence-electron chi connectivity index (χ2n) is 5.49. The third-order valence-corrected chi connectivity index (χ3v) is 4.60. The van der Waals surface area contributed by atoms with Gasteiger partial charge in [-0.05, 0) is 17.7 Å². The Morgan fingerprint density at radius 3 is 2.69 bits per heavy atom. The minimum atomic E-state index is -0.386. The van der Waals surface area contributed by atoms with Gasteiger partial charge >= 0.3 is 0 Å². The number of nitrogens with one attached hydrogen (secondary N) is 2. The first-order valence-electron chi connectivity index (χ1n) is 7.79. The molecule has 1 aromatic carbocycles. The summed E-state index contributed by atoms with van der Waals surface area (Å²) in [6.07, 6.45) is 10.6. The molecule has 0 radical (unpaired) electrons. The van der Waals surface area contributed by atoms with Crippen molar-refractivity contribution in [2.24, 2.45) is 0 Å². The molecule has 6 nitrogen and oxygen atoms in total. The van der Waals surface area contributed by atoms with E-state index in [9.17, 15) is 9.59 Å². The van der Waals surface area contributed by atoms with Crippen LogP contribution in [0.5, 0.6) is 5.75 Å². The quantitative estimate of drug-likeness (QED) is 0.481. The lowest BCUT2D eigenvalue weighted by Gasteiger charge is -2.24. The number of rotatable bonds is 5. The lowest BCUT2D eigenvalue weighted by Crippen LogP contribution is -2.31. The molecule has 1 aromatic heterocycles. The number of fused-ring (bicyclic) bond motifs is 1. The van der Waals surface area contributed by atoms with E-state index < -0.39 is 0 Å². The summed E-state index contributed by atoms with van der Waals surface area (Å²) in [5, 5.41) is 3.05. The maximum Gasteiger partial charge on any atom is 0.257 e. The van der Waals surface area contributed by atoms with Crippen molar-refractivity contribution in [3.05, 3.63) is 45.7 Å². The molecule has 3 rings (SSSR count). The molecule has 0 saturated carbocycles. The topological polar surface area (TPSA) is 84.1 Å². The molecule has 130 valence electrons. The molecule has 1 atom stereocenters. The van der Waals surface area contributed by atoms with E-state index >= 15 is 0 Å².